The summed E-state index contributed by atoms with van der Waals surface area (Å²) in [7, 11) is 0. The Morgan fingerprint density at radius 2 is 2.40 bits per heavy atom. The maximum atomic E-state index is 5.95. The lowest BCUT2D eigenvalue weighted by Crippen LogP contribution is -2.14. The summed E-state index contributed by atoms with van der Waals surface area (Å²) >= 11 is 0. The van der Waals surface area contributed by atoms with Crippen molar-refractivity contribution in [2.45, 2.75) is 32.2 Å². The van der Waals surface area contributed by atoms with Crippen molar-refractivity contribution in [1.29, 1.82) is 0 Å². The molecule has 0 aliphatic heterocycles. The van der Waals surface area contributed by atoms with Crippen LogP contribution >= 0.6 is 0 Å². The second-order valence-electron chi connectivity index (χ2n) is 3.86. The van der Waals surface area contributed by atoms with Gasteiger partial charge in [-0.05, 0) is 25.7 Å². The largest absolute Gasteiger partial charge is 0.381 e. The molecular weight excluding hydrogens is 194 g/mol. The van der Waals surface area contributed by atoms with E-state index < -0.39 is 0 Å². The number of rotatable bonds is 6. The van der Waals surface area contributed by atoms with Crippen molar-refractivity contribution < 1.29 is 9.26 Å². The molecule has 1 aliphatic carbocycles. The van der Waals surface area contributed by atoms with Gasteiger partial charge in [-0.15, -0.1) is 0 Å². The zero-order valence-electron chi connectivity index (χ0n) is 8.98. The average molecular weight is 211 g/mol. The van der Waals surface area contributed by atoms with Crippen LogP contribution in [0.4, 0.5) is 0 Å². The van der Waals surface area contributed by atoms with Gasteiger partial charge in [-0.25, -0.2) is 0 Å². The minimum absolute atomic E-state index is 0.0467. The van der Waals surface area contributed by atoms with E-state index in [0.29, 0.717) is 37.3 Å². The number of ether oxygens (including phenoxy) is 1. The highest BCUT2D eigenvalue weighted by Crippen LogP contribution is 2.38. The van der Waals surface area contributed by atoms with Crippen molar-refractivity contribution in [3.63, 3.8) is 0 Å². The van der Waals surface area contributed by atoms with Crippen LogP contribution in [0.1, 0.15) is 37.5 Å². The maximum absolute atomic E-state index is 5.95. The highest BCUT2D eigenvalue weighted by atomic mass is 16.5. The molecule has 2 N–H and O–H groups in total. The molecule has 5 nitrogen and oxygen atoms in total. The minimum Gasteiger partial charge on any atom is -0.381 e. The van der Waals surface area contributed by atoms with Crippen molar-refractivity contribution in [2.75, 3.05) is 13.2 Å². The van der Waals surface area contributed by atoms with E-state index >= 15 is 0 Å². The summed E-state index contributed by atoms with van der Waals surface area (Å²) in [4.78, 5) is 4.26. The molecular formula is C10H17N3O2. The van der Waals surface area contributed by atoms with Crippen LogP contribution < -0.4 is 5.73 Å². The maximum Gasteiger partial charge on any atom is 0.229 e. The third-order valence-corrected chi connectivity index (χ3v) is 2.58. The summed E-state index contributed by atoms with van der Waals surface area (Å²) in [6, 6.07) is -0.0467. The number of nitrogens with zero attached hydrogens (tertiary/aromatic N) is 2. The van der Waals surface area contributed by atoms with E-state index in [1.54, 1.807) is 0 Å². The van der Waals surface area contributed by atoms with Crippen molar-refractivity contribution in [3.8, 4) is 0 Å². The lowest BCUT2D eigenvalue weighted by Gasteiger charge is -2.01. The van der Waals surface area contributed by atoms with Crippen molar-refractivity contribution in [1.82, 2.24) is 10.1 Å². The first kappa shape index (κ1) is 10.6. The first-order chi connectivity index (χ1) is 7.31. The molecule has 1 aromatic heterocycles. The fraction of sp³-hybridized carbons (Fsp3) is 0.800. The van der Waals surface area contributed by atoms with Crippen LogP contribution in [-0.4, -0.2) is 23.4 Å². The zero-order chi connectivity index (χ0) is 10.7. The van der Waals surface area contributed by atoms with Crippen LogP contribution in [0.15, 0.2) is 4.52 Å². The van der Waals surface area contributed by atoms with Gasteiger partial charge in [0.15, 0.2) is 5.82 Å². The Balaban J connectivity index is 1.85. The molecule has 1 aliphatic rings. The quantitative estimate of drug-likeness (QED) is 0.712. The van der Waals surface area contributed by atoms with Gasteiger partial charge >= 0.3 is 0 Å². The summed E-state index contributed by atoms with van der Waals surface area (Å²) in [5, 5.41) is 3.89. The molecule has 1 unspecified atom stereocenters. The molecule has 0 bridgehead atoms. The van der Waals surface area contributed by atoms with E-state index in [4.69, 9.17) is 15.0 Å². The molecule has 1 fully saturated rings. The summed E-state index contributed by atoms with van der Waals surface area (Å²) in [6.45, 7) is 3.29. The molecule has 0 spiro atoms. The molecule has 0 saturated heterocycles. The standard InChI is InChI=1S/C10H17N3O2/c1-2-14-6-5-8-12-10(13-15-8)9(11)7-3-4-7/h7,9H,2-6,11H2,1H3. The van der Waals surface area contributed by atoms with E-state index in [0.717, 1.165) is 0 Å². The van der Waals surface area contributed by atoms with E-state index in [-0.39, 0.29) is 6.04 Å². The smallest absolute Gasteiger partial charge is 0.229 e. The van der Waals surface area contributed by atoms with Gasteiger partial charge in [0.1, 0.15) is 0 Å². The highest BCUT2D eigenvalue weighted by Gasteiger charge is 2.32. The van der Waals surface area contributed by atoms with Crippen molar-refractivity contribution in [2.24, 2.45) is 11.7 Å². The first-order valence-electron chi connectivity index (χ1n) is 5.47. The van der Waals surface area contributed by atoms with Crippen LogP contribution in [0.3, 0.4) is 0 Å². The first-order valence-corrected chi connectivity index (χ1v) is 5.47. The van der Waals surface area contributed by atoms with Gasteiger partial charge in [-0.2, -0.15) is 4.98 Å². The lowest BCUT2D eigenvalue weighted by molar-refractivity contribution is 0.144. The second kappa shape index (κ2) is 4.72. The van der Waals surface area contributed by atoms with Crippen LogP contribution in [0.25, 0.3) is 0 Å². The number of hydrogen-bond donors (Lipinski definition) is 1. The molecule has 15 heavy (non-hydrogen) atoms. The van der Waals surface area contributed by atoms with E-state index in [9.17, 15) is 0 Å². The molecule has 0 amide bonds. The normalized spacial score (nSPS) is 18.0. The fourth-order valence-electron chi connectivity index (χ4n) is 1.47. The molecule has 1 heterocycles. The Hall–Kier alpha value is -0.940. The molecule has 84 valence electrons. The Morgan fingerprint density at radius 3 is 3.07 bits per heavy atom. The van der Waals surface area contributed by atoms with Crippen LogP contribution in [0, 0.1) is 5.92 Å². The molecule has 2 rings (SSSR count). The lowest BCUT2D eigenvalue weighted by atomic mass is 10.2. The molecule has 0 radical (unpaired) electrons. The second-order valence-corrected chi connectivity index (χ2v) is 3.86. The minimum atomic E-state index is -0.0467. The Bertz CT molecular complexity index is 309. The predicted molar refractivity (Wildman–Crippen MR) is 54.1 cm³/mol. The van der Waals surface area contributed by atoms with E-state index in [1.807, 2.05) is 6.92 Å². The summed E-state index contributed by atoms with van der Waals surface area (Å²) in [5.41, 5.74) is 5.95. The molecule has 0 aromatic carbocycles. The van der Waals surface area contributed by atoms with Crippen molar-refractivity contribution >= 4 is 0 Å². The van der Waals surface area contributed by atoms with Crippen LogP contribution in [0.5, 0.6) is 0 Å². The third-order valence-electron chi connectivity index (χ3n) is 2.58. The van der Waals surface area contributed by atoms with Crippen molar-refractivity contribution in [3.05, 3.63) is 11.7 Å². The topological polar surface area (TPSA) is 74.2 Å². The molecule has 1 atom stereocenters. The average Bonchev–Trinajstić information content (AvgIpc) is 2.98. The summed E-state index contributed by atoms with van der Waals surface area (Å²) in [6.07, 6.45) is 3.03. The van der Waals surface area contributed by atoms with Gasteiger partial charge in [0.25, 0.3) is 0 Å². The number of aromatic nitrogens is 2. The monoisotopic (exact) mass is 211 g/mol. The van der Waals surface area contributed by atoms with Gasteiger partial charge in [0.2, 0.25) is 5.89 Å². The van der Waals surface area contributed by atoms with Crippen LogP contribution in [-0.2, 0) is 11.2 Å². The van der Waals surface area contributed by atoms with Gasteiger partial charge in [0, 0.05) is 6.61 Å². The van der Waals surface area contributed by atoms with Crippen LogP contribution in [0.2, 0.25) is 0 Å². The number of hydrogen-bond acceptors (Lipinski definition) is 5. The highest BCUT2D eigenvalue weighted by molar-refractivity contribution is 4.99. The third kappa shape index (κ3) is 2.76. The zero-order valence-corrected chi connectivity index (χ0v) is 8.98. The Morgan fingerprint density at radius 1 is 1.60 bits per heavy atom. The summed E-state index contributed by atoms with van der Waals surface area (Å²) in [5.74, 6) is 1.82. The molecule has 5 heteroatoms. The summed E-state index contributed by atoms with van der Waals surface area (Å²) < 4.78 is 10.3. The number of nitrogens with two attached hydrogens (primary N) is 1. The van der Waals surface area contributed by atoms with Gasteiger partial charge in [-0.1, -0.05) is 5.16 Å². The predicted octanol–water partition coefficient (Wildman–Crippen LogP) is 1.06. The fourth-order valence-corrected chi connectivity index (χ4v) is 1.47. The Kier molecular flexibility index (Phi) is 3.33. The van der Waals surface area contributed by atoms with E-state index in [1.165, 1.54) is 12.8 Å². The Labute approximate surface area is 89.0 Å². The van der Waals surface area contributed by atoms with E-state index in [2.05, 4.69) is 10.1 Å². The molecule has 1 aromatic rings. The van der Waals surface area contributed by atoms with Gasteiger partial charge in [-0.3, -0.25) is 0 Å². The van der Waals surface area contributed by atoms with Gasteiger partial charge in [0.05, 0.1) is 19.1 Å². The molecule has 1 saturated carbocycles. The SMILES string of the molecule is CCOCCc1nc(C(N)C2CC2)no1. The van der Waals surface area contributed by atoms with Gasteiger partial charge < -0.3 is 15.0 Å².